The van der Waals surface area contributed by atoms with Gasteiger partial charge in [0.1, 0.15) is 12.0 Å². The fourth-order valence-electron chi connectivity index (χ4n) is 3.70. The van der Waals surface area contributed by atoms with Crippen LogP contribution in [-0.2, 0) is 4.79 Å². The summed E-state index contributed by atoms with van der Waals surface area (Å²) in [5, 5.41) is 3.66. The summed E-state index contributed by atoms with van der Waals surface area (Å²) < 4.78 is 13.5. The first-order valence-electron chi connectivity index (χ1n) is 8.80. The number of nitrogens with zero attached hydrogens (tertiary/aromatic N) is 2. The molecule has 0 bridgehead atoms. The number of rotatable bonds is 2. The Labute approximate surface area is 162 Å². The highest BCUT2D eigenvalue weighted by molar-refractivity contribution is 6.38. The first-order valence-corrected chi connectivity index (χ1v) is 9.18. The normalized spacial score (nSPS) is 21.4. The predicted molar refractivity (Wildman–Crippen MR) is 103 cm³/mol. The van der Waals surface area contributed by atoms with Crippen LogP contribution in [0.5, 0.6) is 0 Å². The van der Waals surface area contributed by atoms with Gasteiger partial charge in [0.15, 0.2) is 5.78 Å². The molecule has 27 heavy (non-hydrogen) atoms. The Morgan fingerprint density at radius 3 is 2.63 bits per heavy atom. The predicted octanol–water partition coefficient (Wildman–Crippen LogP) is 4.61. The van der Waals surface area contributed by atoms with Crippen LogP contribution in [0.1, 0.15) is 44.0 Å². The minimum Gasteiger partial charge on any atom is -0.363 e. The maximum absolute atomic E-state index is 13.5. The van der Waals surface area contributed by atoms with Gasteiger partial charge >= 0.3 is 0 Å². The van der Waals surface area contributed by atoms with Gasteiger partial charge in [0.05, 0.1) is 16.3 Å². The number of carbonyl (C=O) groups is 1. The van der Waals surface area contributed by atoms with Crippen LogP contribution in [0.3, 0.4) is 0 Å². The van der Waals surface area contributed by atoms with Gasteiger partial charge in [-0.1, -0.05) is 25.4 Å². The number of allylic oxidation sites excluding steroid dienone is 2. The number of pyridine rings is 1. The van der Waals surface area contributed by atoms with Crippen molar-refractivity contribution in [3.05, 3.63) is 76.0 Å². The zero-order chi connectivity index (χ0) is 19.2. The van der Waals surface area contributed by atoms with Gasteiger partial charge in [-0.2, -0.15) is 0 Å². The highest BCUT2D eigenvalue weighted by Gasteiger charge is 2.38. The molecule has 0 saturated heterocycles. The van der Waals surface area contributed by atoms with Crippen molar-refractivity contribution in [3.63, 3.8) is 0 Å². The van der Waals surface area contributed by atoms with Crippen LogP contribution in [0.25, 0.3) is 0 Å². The quantitative estimate of drug-likeness (QED) is 0.824. The topological polar surface area (TPSA) is 54.4 Å². The molecule has 1 aliphatic heterocycles. The number of halogens is 2. The van der Waals surface area contributed by atoms with Gasteiger partial charge in [-0.15, -0.1) is 0 Å². The summed E-state index contributed by atoms with van der Waals surface area (Å²) in [7, 11) is 0. The summed E-state index contributed by atoms with van der Waals surface area (Å²) in [6, 6.07) is 7.94. The first kappa shape index (κ1) is 17.9. The van der Waals surface area contributed by atoms with E-state index >= 15 is 0 Å². The number of hydrogen-bond acceptors (Lipinski definition) is 4. The molecule has 1 atom stereocenters. The molecule has 0 amide bonds. The van der Waals surface area contributed by atoms with Gasteiger partial charge in [0.25, 0.3) is 0 Å². The Balaban J connectivity index is 1.88. The minimum absolute atomic E-state index is 0.0288. The van der Waals surface area contributed by atoms with Crippen molar-refractivity contribution in [1.82, 2.24) is 10.3 Å². The zero-order valence-electron chi connectivity index (χ0n) is 15.1. The molecule has 0 fully saturated rings. The second kappa shape index (κ2) is 6.57. The Morgan fingerprint density at radius 2 is 1.93 bits per heavy atom. The molecule has 2 aromatic rings. The number of Topliss-reactive ketones (excluding diaryl/α,β-unsaturated/α-hetero) is 1. The molecular formula is C21H19ClFN3O. The molecule has 1 aromatic heterocycles. The fraction of sp³-hybridized carbons (Fsp3) is 0.286. The molecule has 4 nitrogen and oxygen atoms in total. The van der Waals surface area contributed by atoms with E-state index in [9.17, 15) is 9.18 Å². The van der Waals surface area contributed by atoms with Gasteiger partial charge in [0.2, 0.25) is 0 Å². The smallest absolute Gasteiger partial charge is 0.167 e. The standard InChI is InChI=1S/C21H19ClFN3O/c1-21(2)10-16-18(17(27)11-21)19(14-4-3-13(23)9-15(14)22)26-20(25-16)12-5-7-24-8-6-12/h3-9,20,25H,10-11H2,1-2H3. The van der Waals surface area contributed by atoms with E-state index in [2.05, 4.69) is 24.1 Å². The van der Waals surface area contributed by atoms with E-state index in [0.717, 1.165) is 17.7 Å². The molecule has 1 aromatic carbocycles. The molecule has 1 unspecified atom stereocenters. The first-order chi connectivity index (χ1) is 12.8. The molecule has 0 radical (unpaired) electrons. The molecule has 2 aliphatic rings. The monoisotopic (exact) mass is 383 g/mol. The fourth-order valence-corrected chi connectivity index (χ4v) is 3.96. The maximum Gasteiger partial charge on any atom is 0.167 e. The van der Waals surface area contributed by atoms with E-state index < -0.39 is 5.82 Å². The van der Waals surface area contributed by atoms with Crippen molar-refractivity contribution >= 4 is 23.1 Å². The number of carbonyl (C=O) groups excluding carboxylic acids is 1. The number of aliphatic imine (C=N–C) groups is 1. The second-order valence-corrected chi connectivity index (χ2v) is 8.13. The van der Waals surface area contributed by atoms with Gasteiger partial charge in [-0.05, 0) is 47.7 Å². The van der Waals surface area contributed by atoms with Gasteiger partial charge in [0, 0.05) is 30.1 Å². The highest BCUT2D eigenvalue weighted by atomic mass is 35.5. The van der Waals surface area contributed by atoms with Crippen molar-refractivity contribution in [3.8, 4) is 0 Å². The molecule has 1 N–H and O–H groups in total. The lowest BCUT2D eigenvalue weighted by molar-refractivity contribution is -0.117. The summed E-state index contributed by atoms with van der Waals surface area (Å²) in [4.78, 5) is 21.8. The van der Waals surface area contributed by atoms with Crippen LogP contribution in [-0.4, -0.2) is 16.5 Å². The SMILES string of the molecule is CC1(C)CC(=O)C2=C(C1)NC(c1ccncc1)N=C2c1ccc(F)cc1Cl. The summed E-state index contributed by atoms with van der Waals surface area (Å²) in [6.45, 7) is 4.15. The minimum atomic E-state index is -0.422. The van der Waals surface area contributed by atoms with Crippen molar-refractivity contribution in [2.45, 2.75) is 32.9 Å². The molecule has 138 valence electrons. The van der Waals surface area contributed by atoms with E-state index in [0.29, 0.717) is 23.3 Å². The second-order valence-electron chi connectivity index (χ2n) is 7.72. The third kappa shape index (κ3) is 3.39. The van der Waals surface area contributed by atoms with E-state index in [4.69, 9.17) is 16.6 Å². The number of nitrogens with one attached hydrogen (secondary N) is 1. The molecule has 0 saturated carbocycles. The van der Waals surface area contributed by atoms with Crippen LogP contribution in [0.15, 0.2) is 59.0 Å². The number of hydrogen-bond donors (Lipinski definition) is 1. The van der Waals surface area contributed by atoms with Crippen molar-refractivity contribution in [1.29, 1.82) is 0 Å². The molecule has 6 heteroatoms. The van der Waals surface area contributed by atoms with Crippen LogP contribution in [0.4, 0.5) is 4.39 Å². The lowest BCUT2D eigenvalue weighted by Gasteiger charge is -2.37. The number of benzene rings is 1. The van der Waals surface area contributed by atoms with Crippen LogP contribution >= 0.6 is 11.6 Å². The summed E-state index contributed by atoms with van der Waals surface area (Å²) in [5.41, 5.74) is 3.32. The summed E-state index contributed by atoms with van der Waals surface area (Å²) in [5.74, 6) is -0.393. The number of aromatic nitrogens is 1. The zero-order valence-corrected chi connectivity index (χ0v) is 15.8. The van der Waals surface area contributed by atoms with Crippen LogP contribution < -0.4 is 5.32 Å². The Hall–Kier alpha value is -2.53. The maximum atomic E-state index is 13.5. The lowest BCUT2D eigenvalue weighted by Crippen LogP contribution is -2.39. The summed E-state index contributed by atoms with van der Waals surface area (Å²) >= 11 is 6.31. The van der Waals surface area contributed by atoms with Gasteiger partial charge < -0.3 is 5.32 Å². The van der Waals surface area contributed by atoms with Gasteiger partial charge in [-0.3, -0.25) is 14.8 Å². The van der Waals surface area contributed by atoms with E-state index in [1.165, 1.54) is 12.1 Å². The van der Waals surface area contributed by atoms with E-state index in [-0.39, 0.29) is 22.4 Å². The molecular weight excluding hydrogens is 365 g/mol. The third-order valence-electron chi connectivity index (χ3n) is 4.89. The Kier molecular flexibility index (Phi) is 4.35. The largest absolute Gasteiger partial charge is 0.363 e. The summed E-state index contributed by atoms with van der Waals surface area (Å²) in [6.07, 6.45) is 4.22. The third-order valence-corrected chi connectivity index (χ3v) is 5.20. The molecule has 0 spiro atoms. The van der Waals surface area contributed by atoms with Crippen molar-refractivity contribution in [2.75, 3.05) is 0 Å². The Morgan fingerprint density at radius 1 is 1.19 bits per heavy atom. The number of ketones is 1. The van der Waals surface area contributed by atoms with E-state index in [1.54, 1.807) is 18.5 Å². The van der Waals surface area contributed by atoms with Crippen LogP contribution in [0, 0.1) is 11.2 Å². The lowest BCUT2D eigenvalue weighted by atomic mass is 9.73. The Bertz CT molecular complexity index is 982. The van der Waals surface area contributed by atoms with Crippen molar-refractivity contribution < 1.29 is 9.18 Å². The average Bonchev–Trinajstić information content (AvgIpc) is 2.60. The van der Waals surface area contributed by atoms with Crippen LogP contribution in [0.2, 0.25) is 5.02 Å². The molecule has 1 aliphatic carbocycles. The van der Waals surface area contributed by atoms with Gasteiger partial charge in [-0.25, -0.2) is 4.39 Å². The molecule has 4 rings (SSSR count). The van der Waals surface area contributed by atoms with Crippen molar-refractivity contribution in [2.24, 2.45) is 10.4 Å². The average molecular weight is 384 g/mol. The van der Waals surface area contributed by atoms with E-state index in [1.807, 2.05) is 12.1 Å². The molecule has 2 heterocycles. The highest BCUT2D eigenvalue weighted by Crippen LogP contribution is 2.41.